The summed E-state index contributed by atoms with van der Waals surface area (Å²) in [4.78, 5) is 18.7. The highest BCUT2D eigenvalue weighted by molar-refractivity contribution is 7.14. The fourth-order valence-corrected chi connectivity index (χ4v) is 4.44. The topological polar surface area (TPSA) is 90.0 Å². The minimum absolute atomic E-state index is 0.312. The second-order valence-electron chi connectivity index (χ2n) is 8.22. The van der Waals surface area contributed by atoms with Crippen molar-refractivity contribution in [3.8, 4) is 28.5 Å². The maximum atomic E-state index is 12.7. The maximum absolute atomic E-state index is 12.7. The van der Waals surface area contributed by atoms with Crippen LogP contribution < -0.4 is 4.74 Å². The van der Waals surface area contributed by atoms with Gasteiger partial charge in [0.15, 0.2) is 5.92 Å². The highest BCUT2D eigenvalue weighted by atomic mass is 32.1. The molecule has 0 saturated heterocycles. The lowest BCUT2D eigenvalue weighted by atomic mass is 10.1. The summed E-state index contributed by atoms with van der Waals surface area (Å²) in [7, 11) is 1.73. The van der Waals surface area contributed by atoms with E-state index in [2.05, 4.69) is 11.9 Å². The zero-order valence-corrected chi connectivity index (χ0v) is 20.6. The van der Waals surface area contributed by atoms with Gasteiger partial charge in [0.25, 0.3) is 0 Å². The highest BCUT2D eigenvalue weighted by Crippen LogP contribution is 2.38. The predicted molar refractivity (Wildman–Crippen MR) is 132 cm³/mol. The van der Waals surface area contributed by atoms with Crippen LogP contribution in [0, 0.1) is 22.7 Å². The van der Waals surface area contributed by atoms with E-state index in [1.807, 2.05) is 42.5 Å². The van der Waals surface area contributed by atoms with Crippen LogP contribution in [0.4, 0.5) is 4.79 Å². The first-order valence-electron chi connectivity index (χ1n) is 11.9. The molecule has 0 unspecified atom stereocenters. The highest BCUT2D eigenvalue weighted by Gasteiger charge is 2.23. The minimum atomic E-state index is -0.991. The van der Waals surface area contributed by atoms with Crippen molar-refractivity contribution >= 4 is 17.4 Å². The Balaban J connectivity index is 1.85. The summed E-state index contributed by atoms with van der Waals surface area (Å²) in [5.41, 5.74) is 1.25. The molecule has 0 aliphatic rings. The third-order valence-corrected chi connectivity index (χ3v) is 6.50. The van der Waals surface area contributed by atoms with Gasteiger partial charge in [-0.25, -0.2) is 9.78 Å². The largest absolute Gasteiger partial charge is 0.415 e. The third-order valence-electron chi connectivity index (χ3n) is 5.50. The molecule has 7 heteroatoms. The van der Waals surface area contributed by atoms with E-state index in [1.165, 1.54) is 51.4 Å². The van der Waals surface area contributed by atoms with Gasteiger partial charge in [-0.3, -0.25) is 0 Å². The van der Waals surface area contributed by atoms with Gasteiger partial charge in [-0.2, -0.15) is 10.5 Å². The molecule has 2 rings (SSSR count). The number of benzene rings is 1. The first-order valence-corrected chi connectivity index (χ1v) is 12.7. The van der Waals surface area contributed by atoms with Crippen LogP contribution in [0.15, 0.2) is 30.3 Å². The van der Waals surface area contributed by atoms with Gasteiger partial charge in [0.05, 0.1) is 12.1 Å². The molecule has 2 aromatic rings. The van der Waals surface area contributed by atoms with Gasteiger partial charge in [0.1, 0.15) is 10.7 Å². The standard InChI is InChI=1S/C26H34N4O2S/c1-3-4-5-6-7-8-9-10-11-15-18-30(2)26(31)32-25-23(21-16-13-12-14-17-21)29-24(33-25)22(19-27)20-28/h12-14,16-17,22H,3-11,15,18H2,1-2H3. The molecule has 1 aromatic carbocycles. The summed E-state index contributed by atoms with van der Waals surface area (Å²) >= 11 is 1.08. The van der Waals surface area contributed by atoms with Crippen molar-refractivity contribution in [2.24, 2.45) is 0 Å². The van der Waals surface area contributed by atoms with E-state index in [-0.39, 0.29) is 0 Å². The Morgan fingerprint density at radius 3 is 2.15 bits per heavy atom. The average Bonchev–Trinajstić information content (AvgIpc) is 3.24. The molecule has 0 aliphatic heterocycles. The van der Waals surface area contributed by atoms with Gasteiger partial charge in [-0.1, -0.05) is 106 Å². The number of amides is 1. The number of unbranched alkanes of at least 4 members (excludes halogenated alkanes) is 9. The number of nitrogens with zero attached hydrogens (tertiary/aromatic N) is 4. The lowest BCUT2D eigenvalue weighted by Gasteiger charge is -2.16. The van der Waals surface area contributed by atoms with E-state index in [0.717, 1.165) is 29.7 Å². The van der Waals surface area contributed by atoms with E-state index in [1.54, 1.807) is 11.9 Å². The number of nitriles is 2. The molecule has 0 spiro atoms. The number of hydrogen-bond donors (Lipinski definition) is 0. The van der Waals surface area contributed by atoms with Crippen LogP contribution in [0.1, 0.15) is 82.1 Å². The lowest BCUT2D eigenvalue weighted by molar-refractivity contribution is 0.163. The van der Waals surface area contributed by atoms with Crippen LogP contribution in [-0.4, -0.2) is 29.6 Å². The summed E-state index contributed by atoms with van der Waals surface area (Å²) in [5, 5.41) is 19.1. The Morgan fingerprint density at radius 1 is 1.00 bits per heavy atom. The predicted octanol–water partition coefficient (Wildman–Crippen LogP) is 7.29. The first-order chi connectivity index (χ1) is 16.1. The molecule has 33 heavy (non-hydrogen) atoms. The Morgan fingerprint density at radius 2 is 1.58 bits per heavy atom. The summed E-state index contributed by atoms with van der Waals surface area (Å²) in [6.45, 7) is 2.86. The van der Waals surface area contributed by atoms with Crippen molar-refractivity contribution in [1.82, 2.24) is 9.88 Å². The van der Waals surface area contributed by atoms with E-state index in [0.29, 0.717) is 22.3 Å². The normalized spacial score (nSPS) is 10.6. The fraction of sp³-hybridized carbons (Fsp3) is 0.538. The molecule has 1 aromatic heterocycles. The van der Waals surface area contributed by atoms with Crippen LogP contribution in [0.25, 0.3) is 11.3 Å². The quantitative estimate of drug-likeness (QED) is 0.273. The Labute approximate surface area is 201 Å². The van der Waals surface area contributed by atoms with Gasteiger partial charge in [0.2, 0.25) is 5.06 Å². The molecule has 0 bridgehead atoms. The SMILES string of the molecule is CCCCCCCCCCCCN(C)C(=O)Oc1sc(C(C#N)C#N)nc1-c1ccccc1. The Kier molecular flexibility index (Phi) is 12.0. The smallest absolute Gasteiger partial charge is 0.397 e. The monoisotopic (exact) mass is 466 g/mol. The molecule has 1 heterocycles. The molecule has 0 fully saturated rings. The number of aromatic nitrogens is 1. The molecule has 0 aliphatic carbocycles. The molecule has 0 N–H and O–H groups in total. The summed E-state index contributed by atoms with van der Waals surface area (Å²) in [6.07, 6.45) is 12.0. The zero-order valence-electron chi connectivity index (χ0n) is 19.8. The molecule has 0 radical (unpaired) electrons. The van der Waals surface area contributed by atoms with Gasteiger partial charge in [0, 0.05) is 19.2 Å². The van der Waals surface area contributed by atoms with Crippen LogP contribution in [0.2, 0.25) is 0 Å². The maximum Gasteiger partial charge on any atom is 0.415 e. The minimum Gasteiger partial charge on any atom is -0.397 e. The zero-order chi connectivity index (χ0) is 23.9. The number of hydrogen-bond acceptors (Lipinski definition) is 6. The van der Waals surface area contributed by atoms with Crippen molar-refractivity contribution in [3.63, 3.8) is 0 Å². The second kappa shape index (κ2) is 15.0. The van der Waals surface area contributed by atoms with Gasteiger partial charge in [-0.15, -0.1) is 0 Å². The average molecular weight is 467 g/mol. The lowest BCUT2D eigenvalue weighted by Crippen LogP contribution is -2.30. The number of carbonyl (C=O) groups excluding carboxylic acids is 1. The third kappa shape index (κ3) is 8.86. The first kappa shape index (κ1) is 26.4. The summed E-state index contributed by atoms with van der Waals surface area (Å²) in [6, 6.07) is 13.2. The van der Waals surface area contributed by atoms with Gasteiger partial charge in [-0.05, 0) is 6.42 Å². The molecular weight excluding hydrogens is 432 g/mol. The van der Waals surface area contributed by atoms with Gasteiger partial charge >= 0.3 is 6.09 Å². The van der Waals surface area contributed by atoms with Crippen molar-refractivity contribution in [2.45, 2.75) is 77.0 Å². The fourth-order valence-electron chi connectivity index (χ4n) is 3.52. The van der Waals surface area contributed by atoms with E-state index in [4.69, 9.17) is 4.74 Å². The van der Waals surface area contributed by atoms with Crippen molar-refractivity contribution in [1.29, 1.82) is 10.5 Å². The number of carbonyl (C=O) groups is 1. The molecule has 1 amide bonds. The van der Waals surface area contributed by atoms with Crippen LogP contribution in [0.5, 0.6) is 5.06 Å². The van der Waals surface area contributed by atoms with Crippen LogP contribution in [0.3, 0.4) is 0 Å². The van der Waals surface area contributed by atoms with Crippen LogP contribution >= 0.6 is 11.3 Å². The van der Waals surface area contributed by atoms with Gasteiger partial charge < -0.3 is 9.64 Å². The molecule has 6 nitrogen and oxygen atoms in total. The van der Waals surface area contributed by atoms with Crippen molar-refractivity contribution in [2.75, 3.05) is 13.6 Å². The molecule has 176 valence electrons. The number of rotatable bonds is 14. The van der Waals surface area contributed by atoms with E-state index < -0.39 is 12.0 Å². The number of ether oxygens (including phenoxy) is 1. The van der Waals surface area contributed by atoms with E-state index in [9.17, 15) is 15.3 Å². The summed E-state index contributed by atoms with van der Waals surface area (Å²) < 4.78 is 5.65. The molecular formula is C26H34N4O2S. The molecule has 0 atom stereocenters. The Bertz CT molecular complexity index is 916. The van der Waals surface area contributed by atoms with E-state index >= 15 is 0 Å². The van der Waals surface area contributed by atoms with Crippen LogP contribution in [-0.2, 0) is 0 Å². The number of thiazole rings is 1. The second-order valence-corrected chi connectivity index (χ2v) is 9.21. The summed E-state index contributed by atoms with van der Waals surface area (Å²) in [5.74, 6) is -0.991. The Hall–Kier alpha value is -2.90. The van der Waals surface area contributed by atoms with Crippen molar-refractivity contribution in [3.05, 3.63) is 35.3 Å². The van der Waals surface area contributed by atoms with Crippen molar-refractivity contribution < 1.29 is 9.53 Å². The molecule has 0 saturated carbocycles.